The number of halogens is 3. The van der Waals surface area contributed by atoms with E-state index in [1.807, 2.05) is 32.8 Å². The molecule has 152 valence electrons. The molecule has 0 bridgehead atoms. The van der Waals surface area contributed by atoms with E-state index in [4.69, 9.17) is 0 Å². The van der Waals surface area contributed by atoms with Crippen LogP contribution < -0.4 is 10.6 Å². The molecule has 2 N–H and O–H groups in total. The molecular formula is C20H25F3N4O. The summed E-state index contributed by atoms with van der Waals surface area (Å²) in [6.07, 6.45) is -2.97. The monoisotopic (exact) mass is 394 g/mol. The summed E-state index contributed by atoms with van der Waals surface area (Å²) in [5.41, 5.74) is -0.448. The minimum Gasteiger partial charge on any atom is -0.351 e. The molecule has 2 rings (SSSR count). The number of aromatic nitrogens is 1. The Labute approximate surface area is 163 Å². The van der Waals surface area contributed by atoms with Crippen molar-refractivity contribution in [3.05, 3.63) is 53.7 Å². The Morgan fingerprint density at radius 1 is 1.14 bits per heavy atom. The number of nitrogens with zero attached hydrogens (tertiary/aromatic N) is 2. The SMILES string of the molecule is CN(C)CC(C)(C)CNC(=O)c1cccnc1Nc1cccc(C(F)(F)F)c1. The standard InChI is InChI=1S/C20H25F3N4O/c1-19(2,13-27(3)4)12-25-18(28)16-9-6-10-24-17(16)26-15-8-5-7-14(11-15)20(21,22)23/h5-11H,12-13H2,1-4H3,(H,24,26)(H,25,28). The van der Waals surface area contributed by atoms with Crippen LogP contribution in [0.4, 0.5) is 24.7 Å². The number of carbonyl (C=O) groups excluding carboxylic acids is 1. The van der Waals surface area contributed by atoms with Crippen LogP contribution >= 0.6 is 0 Å². The fourth-order valence-corrected chi connectivity index (χ4v) is 2.92. The summed E-state index contributed by atoms with van der Waals surface area (Å²) >= 11 is 0. The Kier molecular flexibility index (Phi) is 6.66. The Bertz CT molecular complexity index is 819. The highest BCUT2D eigenvalue weighted by atomic mass is 19.4. The van der Waals surface area contributed by atoms with Gasteiger partial charge in [0.15, 0.2) is 0 Å². The van der Waals surface area contributed by atoms with Gasteiger partial charge in [-0.15, -0.1) is 0 Å². The van der Waals surface area contributed by atoms with Gasteiger partial charge in [0.1, 0.15) is 5.82 Å². The second-order valence-corrected chi connectivity index (χ2v) is 7.69. The van der Waals surface area contributed by atoms with Gasteiger partial charge in [0.25, 0.3) is 5.91 Å². The smallest absolute Gasteiger partial charge is 0.351 e. The second kappa shape index (κ2) is 8.60. The maximum atomic E-state index is 12.9. The molecule has 0 aliphatic carbocycles. The van der Waals surface area contributed by atoms with Gasteiger partial charge in [-0.25, -0.2) is 4.98 Å². The molecular weight excluding hydrogens is 369 g/mol. The minimum absolute atomic E-state index is 0.143. The third-order valence-corrected chi connectivity index (χ3v) is 3.98. The van der Waals surface area contributed by atoms with E-state index in [1.54, 1.807) is 12.1 Å². The van der Waals surface area contributed by atoms with Gasteiger partial charge >= 0.3 is 6.18 Å². The highest BCUT2D eigenvalue weighted by molar-refractivity contribution is 5.99. The van der Waals surface area contributed by atoms with Crippen LogP contribution in [0.2, 0.25) is 0 Å². The number of alkyl halides is 3. The summed E-state index contributed by atoms with van der Waals surface area (Å²) in [5, 5.41) is 5.70. The Hall–Kier alpha value is -2.61. The molecule has 0 unspecified atom stereocenters. The number of pyridine rings is 1. The molecule has 1 aromatic heterocycles. The van der Waals surface area contributed by atoms with Crippen LogP contribution in [0.3, 0.4) is 0 Å². The van der Waals surface area contributed by atoms with Crippen LogP contribution in [0, 0.1) is 5.41 Å². The van der Waals surface area contributed by atoms with Crippen molar-refractivity contribution < 1.29 is 18.0 Å². The van der Waals surface area contributed by atoms with Crippen molar-refractivity contribution in [3.63, 3.8) is 0 Å². The first-order valence-corrected chi connectivity index (χ1v) is 8.80. The lowest BCUT2D eigenvalue weighted by molar-refractivity contribution is -0.137. The van der Waals surface area contributed by atoms with E-state index in [0.717, 1.165) is 18.7 Å². The van der Waals surface area contributed by atoms with E-state index in [2.05, 4.69) is 15.6 Å². The number of nitrogens with one attached hydrogen (secondary N) is 2. The summed E-state index contributed by atoms with van der Waals surface area (Å²) in [6, 6.07) is 7.96. The van der Waals surface area contributed by atoms with E-state index in [-0.39, 0.29) is 28.4 Å². The molecule has 8 heteroatoms. The maximum absolute atomic E-state index is 12.9. The normalized spacial score (nSPS) is 12.1. The number of hydrogen-bond donors (Lipinski definition) is 2. The van der Waals surface area contributed by atoms with Crippen molar-refractivity contribution in [1.82, 2.24) is 15.2 Å². The van der Waals surface area contributed by atoms with E-state index in [9.17, 15) is 18.0 Å². The lowest BCUT2D eigenvalue weighted by Crippen LogP contribution is -2.40. The molecule has 1 amide bonds. The largest absolute Gasteiger partial charge is 0.416 e. The quantitative estimate of drug-likeness (QED) is 0.740. The molecule has 5 nitrogen and oxygen atoms in total. The zero-order valence-electron chi connectivity index (χ0n) is 16.4. The van der Waals surface area contributed by atoms with Crippen molar-refractivity contribution >= 4 is 17.4 Å². The average Bonchev–Trinajstić information content (AvgIpc) is 2.59. The molecule has 0 spiro atoms. The molecule has 1 aromatic carbocycles. The topological polar surface area (TPSA) is 57.3 Å². The van der Waals surface area contributed by atoms with Gasteiger partial charge in [-0.1, -0.05) is 19.9 Å². The number of anilines is 2. The first-order valence-electron chi connectivity index (χ1n) is 8.80. The van der Waals surface area contributed by atoms with Crippen LogP contribution in [-0.2, 0) is 6.18 Å². The number of rotatable bonds is 7. The second-order valence-electron chi connectivity index (χ2n) is 7.69. The van der Waals surface area contributed by atoms with Gasteiger partial charge in [0.05, 0.1) is 11.1 Å². The summed E-state index contributed by atoms with van der Waals surface area (Å²) in [6.45, 7) is 5.31. The molecule has 0 radical (unpaired) electrons. The lowest BCUT2D eigenvalue weighted by atomic mass is 9.93. The van der Waals surface area contributed by atoms with Crippen LogP contribution in [0.25, 0.3) is 0 Å². The Morgan fingerprint density at radius 2 is 1.86 bits per heavy atom. The molecule has 2 aromatic rings. The molecule has 0 saturated heterocycles. The van der Waals surface area contributed by atoms with Crippen LogP contribution in [-0.4, -0.2) is 43.0 Å². The third-order valence-electron chi connectivity index (χ3n) is 3.98. The van der Waals surface area contributed by atoms with Crippen LogP contribution in [0.5, 0.6) is 0 Å². The predicted octanol–water partition coefficient (Wildman–Crippen LogP) is 4.16. The molecule has 0 aliphatic heterocycles. The highest BCUT2D eigenvalue weighted by Gasteiger charge is 2.30. The molecule has 0 saturated carbocycles. The summed E-state index contributed by atoms with van der Waals surface area (Å²) in [5.74, 6) is -0.140. The number of amides is 1. The van der Waals surface area contributed by atoms with Gasteiger partial charge in [-0.05, 0) is 49.8 Å². The predicted molar refractivity (Wildman–Crippen MR) is 104 cm³/mol. The fourth-order valence-electron chi connectivity index (χ4n) is 2.92. The van der Waals surface area contributed by atoms with Crippen LogP contribution in [0.15, 0.2) is 42.6 Å². The first-order chi connectivity index (χ1) is 13.0. The third kappa shape index (κ3) is 6.23. The number of hydrogen-bond acceptors (Lipinski definition) is 4. The minimum atomic E-state index is -4.44. The number of benzene rings is 1. The fraction of sp³-hybridized carbons (Fsp3) is 0.400. The van der Waals surface area contributed by atoms with Gasteiger partial charge in [0.2, 0.25) is 0 Å². The van der Waals surface area contributed by atoms with E-state index in [0.29, 0.717) is 6.54 Å². The average molecular weight is 394 g/mol. The van der Waals surface area contributed by atoms with Gasteiger partial charge < -0.3 is 15.5 Å². The molecule has 0 atom stereocenters. The van der Waals surface area contributed by atoms with Gasteiger partial charge in [0, 0.05) is 25.0 Å². The molecule has 0 fully saturated rings. The van der Waals surface area contributed by atoms with Crippen molar-refractivity contribution in [3.8, 4) is 0 Å². The molecule has 0 aliphatic rings. The summed E-state index contributed by atoms with van der Waals surface area (Å²) in [7, 11) is 3.92. The van der Waals surface area contributed by atoms with Crippen LogP contribution in [0.1, 0.15) is 29.8 Å². The van der Waals surface area contributed by atoms with Crippen molar-refractivity contribution in [2.75, 3.05) is 32.5 Å². The lowest BCUT2D eigenvalue weighted by Gasteiger charge is -2.28. The highest BCUT2D eigenvalue weighted by Crippen LogP contribution is 2.31. The Morgan fingerprint density at radius 3 is 2.50 bits per heavy atom. The zero-order valence-corrected chi connectivity index (χ0v) is 16.4. The van der Waals surface area contributed by atoms with Crippen molar-refractivity contribution in [2.24, 2.45) is 5.41 Å². The van der Waals surface area contributed by atoms with E-state index in [1.165, 1.54) is 18.3 Å². The summed E-state index contributed by atoms with van der Waals surface area (Å²) < 4.78 is 38.7. The van der Waals surface area contributed by atoms with Gasteiger partial charge in [-0.2, -0.15) is 13.2 Å². The molecule has 28 heavy (non-hydrogen) atoms. The summed E-state index contributed by atoms with van der Waals surface area (Å²) in [4.78, 5) is 18.8. The van der Waals surface area contributed by atoms with Crippen molar-refractivity contribution in [1.29, 1.82) is 0 Å². The number of carbonyl (C=O) groups is 1. The molecule has 1 heterocycles. The maximum Gasteiger partial charge on any atom is 0.416 e. The zero-order chi connectivity index (χ0) is 20.9. The van der Waals surface area contributed by atoms with Gasteiger partial charge in [-0.3, -0.25) is 4.79 Å². The Balaban J connectivity index is 2.16. The van der Waals surface area contributed by atoms with E-state index < -0.39 is 11.7 Å². The first kappa shape index (κ1) is 21.7. The van der Waals surface area contributed by atoms with E-state index >= 15 is 0 Å². The van der Waals surface area contributed by atoms with Crippen molar-refractivity contribution in [2.45, 2.75) is 20.0 Å².